The van der Waals surface area contributed by atoms with Crippen LogP contribution in [0.1, 0.15) is 37.5 Å². The summed E-state index contributed by atoms with van der Waals surface area (Å²) in [7, 11) is -3.59. The minimum absolute atomic E-state index is 0.0914. The summed E-state index contributed by atoms with van der Waals surface area (Å²) >= 11 is 1.26. The Bertz CT molecular complexity index is 723. The van der Waals surface area contributed by atoms with Gasteiger partial charge in [-0.2, -0.15) is 4.31 Å². The Morgan fingerprint density at radius 2 is 2.12 bits per heavy atom. The van der Waals surface area contributed by atoms with E-state index >= 15 is 0 Å². The Balaban J connectivity index is 1.67. The number of piperidine rings is 1. The lowest BCUT2D eigenvalue weighted by atomic mass is 9.81. The van der Waals surface area contributed by atoms with Crippen molar-refractivity contribution in [2.24, 2.45) is 5.41 Å². The van der Waals surface area contributed by atoms with Crippen LogP contribution in [-0.4, -0.2) is 50.9 Å². The highest BCUT2D eigenvalue weighted by Crippen LogP contribution is 2.31. The van der Waals surface area contributed by atoms with Crippen LogP contribution in [0.4, 0.5) is 0 Å². The first-order chi connectivity index (χ1) is 11.8. The van der Waals surface area contributed by atoms with E-state index in [4.69, 9.17) is 0 Å². The summed E-state index contributed by atoms with van der Waals surface area (Å²) in [6.07, 6.45) is 3.36. The van der Waals surface area contributed by atoms with Gasteiger partial charge in [-0.15, -0.1) is 11.3 Å². The second-order valence-electron chi connectivity index (χ2n) is 7.42. The predicted octanol–water partition coefficient (Wildman–Crippen LogP) is 1.72. The van der Waals surface area contributed by atoms with Crippen molar-refractivity contribution < 1.29 is 13.2 Å². The second kappa shape index (κ2) is 7.34. The van der Waals surface area contributed by atoms with Crippen molar-refractivity contribution in [1.82, 2.24) is 14.9 Å². The number of rotatable bonds is 5. The second-order valence-corrected chi connectivity index (χ2v) is 10.8. The molecule has 8 heteroatoms. The molecule has 0 aromatic carbocycles. The number of nitrogens with one attached hydrogen (secondary N) is 2. The molecule has 1 aromatic rings. The Morgan fingerprint density at radius 1 is 1.40 bits per heavy atom. The molecule has 1 amide bonds. The van der Waals surface area contributed by atoms with Gasteiger partial charge in [-0.25, -0.2) is 8.42 Å². The van der Waals surface area contributed by atoms with Crippen LogP contribution in [0.25, 0.3) is 0 Å². The fourth-order valence-electron chi connectivity index (χ4n) is 3.58. The molecule has 3 heterocycles. The van der Waals surface area contributed by atoms with Crippen LogP contribution in [-0.2, 0) is 14.8 Å². The molecule has 2 saturated heterocycles. The quantitative estimate of drug-likeness (QED) is 0.809. The molecule has 0 spiro atoms. The van der Waals surface area contributed by atoms with Crippen LogP contribution in [0, 0.1) is 12.3 Å². The van der Waals surface area contributed by atoms with Crippen LogP contribution in [0.2, 0.25) is 0 Å². The number of amides is 1. The monoisotopic (exact) mass is 385 g/mol. The smallest absolute Gasteiger partial charge is 0.253 e. The van der Waals surface area contributed by atoms with E-state index in [0.717, 1.165) is 37.2 Å². The molecule has 25 heavy (non-hydrogen) atoms. The molecule has 0 saturated carbocycles. The number of sulfonamides is 1. The first-order valence-electron chi connectivity index (χ1n) is 8.89. The maximum atomic E-state index is 12.9. The number of nitrogens with zero attached hydrogens (tertiary/aromatic N) is 1. The van der Waals surface area contributed by atoms with Gasteiger partial charge in [0.25, 0.3) is 10.0 Å². The third-order valence-electron chi connectivity index (χ3n) is 5.29. The summed E-state index contributed by atoms with van der Waals surface area (Å²) < 4.78 is 27.5. The molecule has 0 radical (unpaired) electrons. The number of carbonyl (C=O) groups is 1. The Kier molecular flexibility index (Phi) is 5.53. The Labute approximate surface area is 154 Å². The summed E-state index contributed by atoms with van der Waals surface area (Å²) in [5.41, 5.74) is 0.0914. The van der Waals surface area contributed by atoms with Crippen molar-refractivity contribution >= 4 is 27.3 Å². The zero-order valence-corrected chi connectivity index (χ0v) is 16.5. The highest BCUT2D eigenvalue weighted by molar-refractivity contribution is 7.91. The van der Waals surface area contributed by atoms with Crippen molar-refractivity contribution in [2.75, 3.05) is 26.2 Å². The molecule has 1 aromatic heterocycles. The molecule has 1 unspecified atom stereocenters. The Hall–Kier alpha value is -0.960. The van der Waals surface area contributed by atoms with Gasteiger partial charge < -0.3 is 10.6 Å². The van der Waals surface area contributed by atoms with Gasteiger partial charge in [0.2, 0.25) is 5.91 Å². The molecule has 1 atom stereocenters. The highest BCUT2D eigenvalue weighted by Gasteiger charge is 2.40. The van der Waals surface area contributed by atoms with E-state index in [0.29, 0.717) is 23.7 Å². The van der Waals surface area contributed by atoms with Crippen molar-refractivity contribution in [3.05, 3.63) is 17.0 Å². The van der Waals surface area contributed by atoms with Crippen LogP contribution < -0.4 is 10.6 Å². The van der Waals surface area contributed by atoms with Crippen LogP contribution >= 0.6 is 11.3 Å². The normalized spacial score (nSPS) is 24.3. The average Bonchev–Trinajstić information content (AvgIpc) is 3.23. The van der Waals surface area contributed by atoms with Gasteiger partial charge >= 0.3 is 0 Å². The van der Waals surface area contributed by atoms with Gasteiger partial charge in [0.1, 0.15) is 10.3 Å². The van der Waals surface area contributed by atoms with Crippen molar-refractivity contribution in [1.29, 1.82) is 0 Å². The summed E-state index contributed by atoms with van der Waals surface area (Å²) in [5, 5.41) is 6.35. The fourth-order valence-corrected chi connectivity index (χ4v) is 6.65. The minimum Gasteiger partial charge on any atom is -0.354 e. The molecule has 2 aliphatic heterocycles. The number of hydrogen-bond donors (Lipinski definition) is 2. The molecule has 2 fully saturated rings. The number of hydrogen-bond acceptors (Lipinski definition) is 5. The van der Waals surface area contributed by atoms with Crippen molar-refractivity contribution in [3.8, 4) is 0 Å². The van der Waals surface area contributed by atoms with E-state index in [9.17, 15) is 13.2 Å². The van der Waals surface area contributed by atoms with E-state index in [1.54, 1.807) is 12.1 Å². The molecule has 0 aliphatic carbocycles. The molecular formula is C17H27N3O3S2. The van der Waals surface area contributed by atoms with Gasteiger partial charge in [0, 0.05) is 18.0 Å². The summed E-state index contributed by atoms with van der Waals surface area (Å²) in [6.45, 7) is 7.03. The summed E-state index contributed by atoms with van der Waals surface area (Å²) in [4.78, 5) is 13.7. The first-order valence-corrected chi connectivity index (χ1v) is 11.1. The predicted molar refractivity (Wildman–Crippen MR) is 99.2 cm³/mol. The van der Waals surface area contributed by atoms with Crippen LogP contribution in [0.3, 0.4) is 0 Å². The first kappa shape index (κ1) is 18.8. The van der Waals surface area contributed by atoms with Gasteiger partial charge in [0.05, 0.1) is 0 Å². The lowest BCUT2D eigenvalue weighted by molar-refractivity contribution is -0.124. The topological polar surface area (TPSA) is 78.5 Å². The molecule has 3 rings (SSSR count). The number of thiophene rings is 1. The number of aryl methyl sites for hydroxylation is 1. The molecule has 2 N–H and O–H groups in total. The highest BCUT2D eigenvalue weighted by atomic mass is 32.2. The third kappa shape index (κ3) is 4.07. The SMILES string of the molecule is Cc1ccc(S(=O)(=O)N2CCCC2C(=O)NCC2(C)CCNCC2)s1. The minimum atomic E-state index is -3.59. The van der Waals surface area contributed by atoms with Gasteiger partial charge in [-0.3, -0.25) is 4.79 Å². The van der Waals surface area contributed by atoms with Crippen molar-refractivity contribution in [3.63, 3.8) is 0 Å². The Morgan fingerprint density at radius 3 is 2.76 bits per heavy atom. The third-order valence-corrected chi connectivity index (χ3v) is 8.66. The zero-order chi connectivity index (χ0) is 18.1. The van der Waals surface area contributed by atoms with E-state index in [-0.39, 0.29) is 11.3 Å². The maximum Gasteiger partial charge on any atom is 0.253 e. The molecule has 0 bridgehead atoms. The maximum absolute atomic E-state index is 12.9. The van der Waals surface area contributed by atoms with Gasteiger partial charge in [-0.1, -0.05) is 6.92 Å². The summed E-state index contributed by atoms with van der Waals surface area (Å²) in [5.74, 6) is -0.158. The summed E-state index contributed by atoms with van der Waals surface area (Å²) in [6, 6.07) is 2.86. The van der Waals surface area contributed by atoms with Gasteiger partial charge in [-0.05, 0) is 63.2 Å². The lowest BCUT2D eigenvalue weighted by Gasteiger charge is -2.34. The molecule has 2 aliphatic rings. The standard InChI is InChI=1S/C17H27N3O3S2/c1-13-5-6-15(24-13)25(22,23)20-11-3-4-14(20)16(21)19-12-17(2)7-9-18-10-8-17/h5-6,14,18H,3-4,7-12H2,1-2H3,(H,19,21). The number of carbonyl (C=O) groups excluding carboxylic acids is 1. The largest absolute Gasteiger partial charge is 0.354 e. The van der Waals surface area contributed by atoms with E-state index < -0.39 is 16.1 Å². The average molecular weight is 386 g/mol. The van der Waals surface area contributed by atoms with E-state index in [1.165, 1.54) is 15.6 Å². The van der Waals surface area contributed by atoms with Gasteiger partial charge in [0.15, 0.2) is 0 Å². The zero-order valence-electron chi connectivity index (χ0n) is 14.9. The van der Waals surface area contributed by atoms with E-state index in [1.807, 2.05) is 6.92 Å². The molecule has 6 nitrogen and oxygen atoms in total. The van der Waals surface area contributed by atoms with Crippen LogP contribution in [0.15, 0.2) is 16.3 Å². The van der Waals surface area contributed by atoms with Crippen molar-refractivity contribution in [2.45, 2.75) is 49.8 Å². The lowest BCUT2D eigenvalue weighted by Crippen LogP contribution is -2.49. The fraction of sp³-hybridized carbons (Fsp3) is 0.706. The molecular weight excluding hydrogens is 358 g/mol. The molecule has 140 valence electrons. The van der Waals surface area contributed by atoms with Crippen LogP contribution in [0.5, 0.6) is 0 Å². The van der Waals surface area contributed by atoms with E-state index in [2.05, 4.69) is 17.6 Å².